The molecule has 0 unspecified atom stereocenters. The number of hydrogen-bond donors (Lipinski definition) is 1. The Kier molecular flexibility index (Phi) is 8.80. The molecular weight excluding hydrogens is 192 g/mol. The van der Waals surface area contributed by atoms with Gasteiger partial charge in [0.15, 0.2) is 0 Å². The first kappa shape index (κ1) is 14.3. The molecule has 0 atom stereocenters. The third-order valence-corrected chi connectivity index (χ3v) is 3.33. The summed E-state index contributed by atoms with van der Waals surface area (Å²) in [6.45, 7) is 6.46. The van der Waals surface area contributed by atoms with Crippen LogP contribution in [0.15, 0.2) is 0 Å². The highest BCUT2D eigenvalue weighted by Crippen LogP contribution is 2.27. The minimum atomic E-state index is 0.0589. The zero-order valence-corrected chi connectivity index (χ0v) is 10.8. The third kappa shape index (κ3) is 8.89. The van der Waals surface area contributed by atoms with Gasteiger partial charge in [-0.3, -0.25) is 0 Å². The van der Waals surface area contributed by atoms with E-state index in [1.165, 1.54) is 44.9 Å². The van der Waals surface area contributed by atoms with Crippen molar-refractivity contribution in [3.05, 3.63) is 0 Å². The Balaban J connectivity index is 3.13. The lowest BCUT2D eigenvalue weighted by atomic mass is 10.0. The molecule has 0 saturated heterocycles. The van der Waals surface area contributed by atoms with Gasteiger partial charge in [0, 0.05) is 4.75 Å². The predicted molar refractivity (Wildman–Crippen MR) is 66.9 cm³/mol. The molecule has 0 aromatic rings. The van der Waals surface area contributed by atoms with Crippen molar-refractivity contribution in [1.82, 2.24) is 0 Å². The van der Waals surface area contributed by atoms with Gasteiger partial charge >= 0.3 is 0 Å². The molecule has 86 valence electrons. The summed E-state index contributed by atoms with van der Waals surface area (Å²) in [6, 6.07) is 0. The Morgan fingerprint density at radius 3 is 1.93 bits per heavy atom. The smallest absolute Gasteiger partial charge is 0.0364 e. The van der Waals surface area contributed by atoms with Gasteiger partial charge in [0.25, 0.3) is 0 Å². The highest BCUT2D eigenvalue weighted by atomic mass is 32.2. The molecule has 0 heterocycles. The van der Waals surface area contributed by atoms with Crippen LogP contribution in [0, 0.1) is 0 Å². The molecule has 0 bridgehead atoms. The average molecular weight is 218 g/mol. The van der Waals surface area contributed by atoms with Crippen LogP contribution >= 0.6 is 12.0 Å². The SMILES string of the molecule is CCCCCCCCCC(C)(C)SO. The van der Waals surface area contributed by atoms with E-state index < -0.39 is 0 Å². The quantitative estimate of drug-likeness (QED) is 0.428. The van der Waals surface area contributed by atoms with Crippen LogP contribution in [0.4, 0.5) is 0 Å². The number of unbranched alkanes of at least 4 members (excludes halogenated alkanes) is 6. The van der Waals surface area contributed by atoms with Crippen molar-refractivity contribution in [3.8, 4) is 0 Å². The van der Waals surface area contributed by atoms with Crippen LogP contribution in [0.5, 0.6) is 0 Å². The summed E-state index contributed by atoms with van der Waals surface area (Å²) in [5.41, 5.74) is 0. The van der Waals surface area contributed by atoms with Crippen molar-refractivity contribution in [2.75, 3.05) is 0 Å². The van der Waals surface area contributed by atoms with Crippen molar-refractivity contribution >= 4 is 12.0 Å². The third-order valence-electron chi connectivity index (χ3n) is 2.63. The summed E-state index contributed by atoms with van der Waals surface area (Å²) in [7, 11) is 0. The van der Waals surface area contributed by atoms with Gasteiger partial charge in [0.2, 0.25) is 0 Å². The van der Waals surface area contributed by atoms with Crippen LogP contribution in [0.2, 0.25) is 0 Å². The molecule has 0 spiro atoms. The highest BCUT2D eigenvalue weighted by Gasteiger charge is 2.16. The monoisotopic (exact) mass is 218 g/mol. The van der Waals surface area contributed by atoms with Crippen molar-refractivity contribution in [2.24, 2.45) is 0 Å². The molecule has 1 nitrogen and oxygen atoms in total. The zero-order chi connectivity index (χ0) is 10.9. The Morgan fingerprint density at radius 2 is 1.43 bits per heavy atom. The maximum Gasteiger partial charge on any atom is 0.0364 e. The summed E-state index contributed by atoms with van der Waals surface area (Å²) in [5.74, 6) is 0. The molecule has 0 aliphatic heterocycles. The first-order chi connectivity index (χ1) is 6.62. The Hall–Kier alpha value is 0.310. The maximum absolute atomic E-state index is 8.98. The topological polar surface area (TPSA) is 20.2 Å². The van der Waals surface area contributed by atoms with Crippen molar-refractivity contribution in [1.29, 1.82) is 0 Å². The molecule has 0 amide bonds. The molecule has 0 rings (SSSR count). The molecule has 0 aromatic carbocycles. The molecule has 0 radical (unpaired) electrons. The summed E-state index contributed by atoms with van der Waals surface area (Å²) in [6.07, 6.45) is 10.6. The second-order valence-electron chi connectivity index (χ2n) is 4.72. The molecule has 0 aromatic heterocycles. The molecule has 2 heteroatoms. The van der Waals surface area contributed by atoms with Crippen molar-refractivity contribution in [2.45, 2.75) is 76.9 Å². The Morgan fingerprint density at radius 1 is 0.929 bits per heavy atom. The zero-order valence-electron chi connectivity index (χ0n) is 10.0. The summed E-state index contributed by atoms with van der Waals surface area (Å²) < 4.78 is 9.04. The Labute approximate surface area is 93.9 Å². The summed E-state index contributed by atoms with van der Waals surface area (Å²) in [5, 5.41) is 0. The predicted octanol–water partition coefficient (Wildman–Crippen LogP) is 5.11. The molecule has 14 heavy (non-hydrogen) atoms. The maximum atomic E-state index is 8.98. The lowest BCUT2D eigenvalue weighted by molar-refractivity contribution is 0.518. The van der Waals surface area contributed by atoms with Gasteiger partial charge in [0.05, 0.1) is 0 Å². The standard InChI is InChI=1S/C12H26OS/c1-4-5-6-7-8-9-10-11-12(2,3)14-13/h13H,4-11H2,1-3H3. The van der Waals surface area contributed by atoms with Crippen LogP contribution in [0.1, 0.15) is 72.1 Å². The fraction of sp³-hybridized carbons (Fsp3) is 1.00. The van der Waals surface area contributed by atoms with E-state index in [0.717, 1.165) is 18.5 Å². The van der Waals surface area contributed by atoms with E-state index in [9.17, 15) is 0 Å². The van der Waals surface area contributed by atoms with E-state index in [4.69, 9.17) is 4.55 Å². The molecule has 1 N–H and O–H groups in total. The van der Waals surface area contributed by atoms with Gasteiger partial charge in [-0.1, -0.05) is 51.9 Å². The first-order valence-electron chi connectivity index (χ1n) is 5.95. The van der Waals surface area contributed by atoms with E-state index in [1.807, 2.05) is 0 Å². The van der Waals surface area contributed by atoms with Crippen molar-refractivity contribution < 1.29 is 4.55 Å². The normalized spacial score (nSPS) is 12.0. The number of rotatable bonds is 9. The van der Waals surface area contributed by atoms with E-state index >= 15 is 0 Å². The first-order valence-corrected chi connectivity index (χ1v) is 6.72. The van der Waals surface area contributed by atoms with Gasteiger partial charge in [-0.05, 0) is 32.3 Å². The van der Waals surface area contributed by atoms with E-state index in [1.54, 1.807) is 0 Å². The van der Waals surface area contributed by atoms with E-state index in [-0.39, 0.29) is 4.75 Å². The van der Waals surface area contributed by atoms with Crippen molar-refractivity contribution in [3.63, 3.8) is 0 Å². The molecule has 0 fully saturated rings. The largest absolute Gasteiger partial charge is 0.330 e. The molecule has 0 aliphatic carbocycles. The van der Waals surface area contributed by atoms with Crippen LogP contribution in [0.3, 0.4) is 0 Å². The summed E-state index contributed by atoms with van der Waals surface area (Å²) in [4.78, 5) is 0. The lowest BCUT2D eigenvalue weighted by Crippen LogP contribution is -2.13. The minimum Gasteiger partial charge on any atom is -0.330 e. The second kappa shape index (κ2) is 8.60. The Bertz CT molecular complexity index is 123. The molecule has 0 saturated carbocycles. The average Bonchev–Trinajstić information content (AvgIpc) is 2.16. The van der Waals surface area contributed by atoms with Crippen LogP contribution < -0.4 is 0 Å². The van der Waals surface area contributed by atoms with Gasteiger partial charge in [-0.15, -0.1) is 0 Å². The van der Waals surface area contributed by atoms with Crippen LogP contribution in [0.25, 0.3) is 0 Å². The number of hydrogen-bond acceptors (Lipinski definition) is 2. The fourth-order valence-electron chi connectivity index (χ4n) is 1.55. The molecular formula is C12H26OS. The van der Waals surface area contributed by atoms with Gasteiger partial charge in [-0.2, -0.15) is 0 Å². The second-order valence-corrected chi connectivity index (χ2v) is 6.01. The van der Waals surface area contributed by atoms with Crippen LogP contribution in [-0.4, -0.2) is 9.30 Å². The minimum absolute atomic E-state index is 0.0589. The van der Waals surface area contributed by atoms with E-state index in [2.05, 4.69) is 20.8 Å². The van der Waals surface area contributed by atoms with Crippen LogP contribution in [-0.2, 0) is 0 Å². The van der Waals surface area contributed by atoms with Gasteiger partial charge < -0.3 is 4.55 Å². The molecule has 0 aliphatic rings. The fourth-order valence-corrected chi connectivity index (χ4v) is 1.79. The van der Waals surface area contributed by atoms with E-state index in [0.29, 0.717) is 0 Å². The van der Waals surface area contributed by atoms with Gasteiger partial charge in [-0.25, -0.2) is 0 Å². The summed E-state index contributed by atoms with van der Waals surface area (Å²) >= 11 is 0.999. The lowest BCUT2D eigenvalue weighted by Gasteiger charge is -2.19. The highest BCUT2D eigenvalue weighted by molar-refractivity contribution is 7.95. The van der Waals surface area contributed by atoms with Gasteiger partial charge in [0.1, 0.15) is 0 Å².